The molecule has 6 aromatic rings. The molecule has 0 radical (unpaired) electrons. The molecule has 0 saturated heterocycles. The summed E-state index contributed by atoms with van der Waals surface area (Å²) in [5.74, 6) is 3.16. The van der Waals surface area contributed by atoms with E-state index in [2.05, 4.69) is 85.4 Å². The zero-order valence-electron chi connectivity index (χ0n) is 37.5. The highest BCUT2D eigenvalue weighted by Crippen LogP contribution is 2.41. The number of amides is 4. The van der Waals surface area contributed by atoms with Gasteiger partial charge in [-0.3, -0.25) is 0 Å². The fourth-order valence-electron chi connectivity index (χ4n) is 8.02. The molecule has 0 aliphatic heterocycles. The lowest BCUT2D eigenvalue weighted by Gasteiger charge is -2.24. The van der Waals surface area contributed by atoms with Crippen LogP contribution in [0.25, 0.3) is 0 Å². The topological polar surface area (TPSA) is 119 Å². The van der Waals surface area contributed by atoms with Crippen LogP contribution in [0.5, 0.6) is 23.0 Å². The second-order valence-corrected chi connectivity index (χ2v) is 16.0. The molecule has 0 saturated carbocycles. The molecule has 0 heterocycles. The summed E-state index contributed by atoms with van der Waals surface area (Å²) in [7, 11) is 0. The van der Waals surface area contributed by atoms with Crippen molar-refractivity contribution in [3.63, 3.8) is 0 Å². The van der Waals surface area contributed by atoms with Gasteiger partial charge in [0.1, 0.15) is 23.0 Å². The maximum atomic E-state index is 13.5. The summed E-state index contributed by atoms with van der Waals surface area (Å²) in [5, 5.41) is 12.2. The van der Waals surface area contributed by atoms with Crippen LogP contribution in [0.3, 0.4) is 0 Å². The Labute approximate surface area is 377 Å². The molecular weight excluding hydrogens is 801 g/mol. The standard InChI is InChI=1S/C54H60N4O6/c1-5-25-61-49-37-17-15-18-38(49)30-42-34-48(58-54(60)56-46-23-13-10-14-24-46)36-44(52(42)64-28-8-4)32-40-20-16-19-39(50(40)62-26-6-2)31-43-35-47(33-41(29-37)51(43)63-27-7-3)57-53(59)55-45-21-11-9-12-22-45/h9-24,33-36H,5-8,25-32H2,1-4H3,(H2,55,57,59)(H2,56,58,60). The van der Waals surface area contributed by atoms with Crippen molar-refractivity contribution < 1.29 is 28.5 Å². The van der Waals surface area contributed by atoms with Crippen LogP contribution in [0.2, 0.25) is 0 Å². The van der Waals surface area contributed by atoms with E-state index in [1.54, 1.807) is 0 Å². The average Bonchev–Trinajstić information content (AvgIpc) is 3.28. The predicted octanol–water partition coefficient (Wildman–Crippen LogP) is 12.8. The van der Waals surface area contributed by atoms with E-state index >= 15 is 0 Å². The molecule has 0 aromatic heterocycles. The number of ether oxygens (including phenoxy) is 4. The van der Waals surface area contributed by atoms with Crippen LogP contribution in [0, 0.1) is 0 Å². The van der Waals surface area contributed by atoms with E-state index in [0.29, 0.717) is 74.9 Å². The summed E-state index contributed by atoms with van der Waals surface area (Å²) < 4.78 is 26.8. The molecule has 0 unspecified atom stereocenters. The monoisotopic (exact) mass is 860 g/mol. The Morgan fingerprint density at radius 3 is 0.906 bits per heavy atom. The zero-order valence-corrected chi connectivity index (χ0v) is 37.5. The van der Waals surface area contributed by atoms with Gasteiger partial charge in [0, 0.05) is 70.7 Å². The number of benzene rings is 6. The molecule has 0 spiro atoms. The molecule has 332 valence electrons. The minimum atomic E-state index is -0.343. The third kappa shape index (κ3) is 11.7. The first kappa shape index (κ1) is 45.1. The normalized spacial score (nSPS) is 11.8. The molecule has 8 bridgehead atoms. The number of nitrogens with one attached hydrogen (secondary N) is 4. The third-order valence-electron chi connectivity index (χ3n) is 10.7. The van der Waals surface area contributed by atoms with E-state index in [0.717, 1.165) is 93.2 Å². The Kier molecular flexibility index (Phi) is 15.8. The highest BCUT2D eigenvalue weighted by Gasteiger charge is 2.24. The van der Waals surface area contributed by atoms with Gasteiger partial charge in [0.15, 0.2) is 0 Å². The van der Waals surface area contributed by atoms with Crippen LogP contribution in [-0.4, -0.2) is 38.5 Å². The molecule has 7 rings (SSSR count). The van der Waals surface area contributed by atoms with Crippen LogP contribution in [0.15, 0.2) is 121 Å². The van der Waals surface area contributed by atoms with Crippen molar-refractivity contribution in [2.75, 3.05) is 47.7 Å². The van der Waals surface area contributed by atoms with Crippen molar-refractivity contribution in [3.8, 4) is 23.0 Å². The molecule has 1 aliphatic carbocycles. The highest BCUT2D eigenvalue weighted by atomic mass is 16.5. The van der Waals surface area contributed by atoms with Gasteiger partial charge in [-0.25, -0.2) is 9.59 Å². The lowest BCUT2D eigenvalue weighted by Crippen LogP contribution is -2.20. The van der Waals surface area contributed by atoms with Gasteiger partial charge in [-0.1, -0.05) is 100 Å². The Morgan fingerprint density at radius 2 is 0.625 bits per heavy atom. The summed E-state index contributed by atoms with van der Waals surface area (Å²) in [4.78, 5) is 27.1. The summed E-state index contributed by atoms with van der Waals surface area (Å²) >= 11 is 0. The second-order valence-electron chi connectivity index (χ2n) is 16.0. The Hall–Kier alpha value is -6.94. The van der Waals surface area contributed by atoms with E-state index in [-0.39, 0.29) is 12.1 Å². The number of hydrogen-bond donors (Lipinski definition) is 4. The van der Waals surface area contributed by atoms with Gasteiger partial charge in [0.25, 0.3) is 0 Å². The number of fused-ring (bicyclic) bond motifs is 8. The molecule has 64 heavy (non-hydrogen) atoms. The Morgan fingerprint density at radius 1 is 0.359 bits per heavy atom. The van der Waals surface area contributed by atoms with Gasteiger partial charge >= 0.3 is 12.1 Å². The summed E-state index contributed by atoms with van der Waals surface area (Å²) in [5.41, 5.74) is 10.3. The average molecular weight is 861 g/mol. The van der Waals surface area contributed by atoms with Crippen molar-refractivity contribution in [3.05, 3.63) is 166 Å². The van der Waals surface area contributed by atoms with Gasteiger partial charge in [0.2, 0.25) is 0 Å². The maximum absolute atomic E-state index is 13.5. The van der Waals surface area contributed by atoms with Gasteiger partial charge in [-0.05, 0) is 96.5 Å². The molecule has 6 aromatic carbocycles. The highest BCUT2D eigenvalue weighted by molar-refractivity contribution is 6.00. The number of hydrogen-bond acceptors (Lipinski definition) is 6. The largest absolute Gasteiger partial charge is 0.493 e. The smallest absolute Gasteiger partial charge is 0.323 e. The molecule has 4 amide bonds. The van der Waals surface area contributed by atoms with Crippen molar-refractivity contribution >= 4 is 34.8 Å². The number of carbonyl (C=O) groups is 2. The second kappa shape index (κ2) is 22.4. The number of rotatable bonds is 16. The molecular formula is C54H60N4O6. The number of para-hydroxylation sites is 4. The van der Waals surface area contributed by atoms with Crippen molar-refractivity contribution in [2.24, 2.45) is 0 Å². The minimum absolute atomic E-state index is 0.343. The molecule has 10 heteroatoms. The SMILES string of the molecule is CCCOc1c2cccc1Cc1cc(NC(=O)Nc3ccccc3)cc(c1OCCC)Cc1cccc(c1OCCC)Cc1cc(NC(=O)Nc3ccccc3)cc(c1OCCC)C2. The molecule has 4 N–H and O–H groups in total. The van der Waals surface area contributed by atoms with Crippen molar-refractivity contribution in [1.82, 2.24) is 0 Å². The fraction of sp³-hybridized carbons (Fsp3) is 0.296. The summed E-state index contributed by atoms with van der Waals surface area (Å²) in [6.45, 7) is 10.5. The Bertz CT molecular complexity index is 2240. The Balaban J connectivity index is 1.42. The zero-order chi connectivity index (χ0) is 44.7. The van der Waals surface area contributed by atoms with Crippen LogP contribution in [0.1, 0.15) is 97.9 Å². The van der Waals surface area contributed by atoms with Crippen LogP contribution < -0.4 is 40.2 Å². The maximum Gasteiger partial charge on any atom is 0.323 e. The van der Waals surface area contributed by atoms with E-state index in [1.807, 2.05) is 84.9 Å². The van der Waals surface area contributed by atoms with Crippen LogP contribution in [0.4, 0.5) is 32.3 Å². The molecule has 0 atom stereocenters. The van der Waals surface area contributed by atoms with Gasteiger partial charge < -0.3 is 40.2 Å². The van der Waals surface area contributed by atoms with Crippen molar-refractivity contribution in [1.29, 1.82) is 0 Å². The van der Waals surface area contributed by atoms with E-state index < -0.39 is 0 Å². The summed E-state index contributed by atoms with van der Waals surface area (Å²) in [6, 6.07) is 38.8. The molecule has 10 nitrogen and oxygen atoms in total. The first-order valence-electron chi connectivity index (χ1n) is 22.7. The van der Waals surface area contributed by atoms with Crippen LogP contribution >= 0.6 is 0 Å². The van der Waals surface area contributed by atoms with Crippen LogP contribution in [-0.2, 0) is 25.7 Å². The quantitative estimate of drug-likeness (QED) is 0.0768. The van der Waals surface area contributed by atoms with E-state index in [1.165, 1.54) is 0 Å². The van der Waals surface area contributed by atoms with Gasteiger partial charge in [0.05, 0.1) is 26.4 Å². The van der Waals surface area contributed by atoms with Gasteiger partial charge in [-0.2, -0.15) is 0 Å². The van der Waals surface area contributed by atoms with E-state index in [4.69, 9.17) is 18.9 Å². The lowest BCUT2D eigenvalue weighted by molar-refractivity contribution is 0.261. The van der Waals surface area contributed by atoms with E-state index in [9.17, 15) is 9.59 Å². The van der Waals surface area contributed by atoms with Gasteiger partial charge in [-0.15, -0.1) is 0 Å². The lowest BCUT2D eigenvalue weighted by atomic mass is 9.90. The summed E-state index contributed by atoms with van der Waals surface area (Å²) in [6.07, 6.45) is 5.18. The fourth-order valence-corrected chi connectivity index (χ4v) is 8.02. The minimum Gasteiger partial charge on any atom is -0.493 e. The molecule has 1 aliphatic rings. The predicted molar refractivity (Wildman–Crippen MR) is 258 cm³/mol. The third-order valence-corrected chi connectivity index (χ3v) is 10.7. The number of anilines is 4. The van der Waals surface area contributed by atoms with Crippen molar-refractivity contribution in [2.45, 2.75) is 79.1 Å². The first-order chi connectivity index (χ1) is 31.3. The number of urea groups is 2. The first-order valence-corrected chi connectivity index (χ1v) is 22.7. The molecule has 0 fully saturated rings. The number of carbonyl (C=O) groups excluding carboxylic acids is 2.